The van der Waals surface area contributed by atoms with Crippen molar-refractivity contribution in [3.8, 4) is 51.2 Å². The first-order chi connectivity index (χ1) is 24.5. The molecule has 0 bridgehead atoms. The third-order valence-electron chi connectivity index (χ3n) is 9.23. The Morgan fingerprint density at radius 3 is 2.10 bits per heavy atom. The second kappa shape index (κ2) is 13.7. The molecule has 0 unspecified atom stereocenters. The van der Waals surface area contributed by atoms with Gasteiger partial charge in [-0.2, -0.15) is 10.5 Å². The van der Waals surface area contributed by atoms with E-state index in [4.69, 9.17) is 0 Å². The number of nitrogens with zero attached hydrogens (tertiary/aromatic N) is 3. The van der Waals surface area contributed by atoms with Crippen LogP contribution >= 0.6 is 0 Å². The lowest BCUT2D eigenvalue weighted by atomic mass is 9.94. The molecular weight excluding hydrogens is 609 g/mol. The predicted octanol–water partition coefficient (Wildman–Crippen LogP) is 11.9. The SMILES string of the molecule is C=C/C=C\c1c(C)c2ccccc2n1-c1ccc(-c2ccc(-c3ccccc3Nc3ccc(C#N)cc3-c3ccccc3C)c(C#N)c2)cc1. The average molecular weight is 643 g/mol. The zero-order valence-corrected chi connectivity index (χ0v) is 28.0. The van der Waals surface area contributed by atoms with Gasteiger partial charge in [0, 0.05) is 44.8 Å². The molecule has 7 aromatic rings. The molecule has 0 aliphatic heterocycles. The zero-order valence-electron chi connectivity index (χ0n) is 28.0. The van der Waals surface area contributed by atoms with E-state index in [0.29, 0.717) is 11.1 Å². The summed E-state index contributed by atoms with van der Waals surface area (Å²) in [6.07, 6.45) is 5.87. The number of allylic oxidation sites excluding steroid dienone is 2. The van der Waals surface area contributed by atoms with E-state index < -0.39 is 0 Å². The molecule has 0 amide bonds. The number of aromatic nitrogens is 1. The number of nitrogens with one attached hydrogen (secondary N) is 1. The Balaban J connectivity index is 1.24. The summed E-state index contributed by atoms with van der Waals surface area (Å²) < 4.78 is 2.28. The predicted molar refractivity (Wildman–Crippen MR) is 207 cm³/mol. The van der Waals surface area contributed by atoms with Gasteiger partial charge < -0.3 is 9.88 Å². The first kappa shape index (κ1) is 31.7. The van der Waals surface area contributed by atoms with Gasteiger partial charge in [0.15, 0.2) is 0 Å². The lowest BCUT2D eigenvalue weighted by molar-refractivity contribution is 1.10. The fraction of sp³-hybridized carbons (Fsp3) is 0.0435. The van der Waals surface area contributed by atoms with Crippen molar-refractivity contribution in [3.05, 3.63) is 180 Å². The van der Waals surface area contributed by atoms with Gasteiger partial charge in [-0.05, 0) is 96.3 Å². The Morgan fingerprint density at radius 1 is 0.640 bits per heavy atom. The van der Waals surface area contributed by atoms with Crippen molar-refractivity contribution in [1.29, 1.82) is 10.5 Å². The van der Waals surface area contributed by atoms with Crippen molar-refractivity contribution in [2.45, 2.75) is 13.8 Å². The maximum absolute atomic E-state index is 10.4. The quantitative estimate of drug-likeness (QED) is 0.168. The van der Waals surface area contributed by atoms with Gasteiger partial charge in [-0.3, -0.25) is 0 Å². The van der Waals surface area contributed by atoms with Crippen molar-refractivity contribution < 1.29 is 0 Å². The number of aryl methyl sites for hydroxylation is 2. The van der Waals surface area contributed by atoms with Crippen LogP contribution in [0.4, 0.5) is 11.4 Å². The average Bonchev–Trinajstić information content (AvgIpc) is 3.45. The van der Waals surface area contributed by atoms with E-state index in [1.165, 1.54) is 10.9 Å². The minimum Gasteiger partial charge on any atom is -0.355 e. The summed E-state index contributed by atoms with van der Waals surface area (Å²) in [4.78, 5) is 0. The molecule has 0 saturated carbocycles. The van der Waals surface area contributed by atoms with Gasteiger partial charge in [0.2, 0.25) is 0 Å². The van der Waals surface area contributed by atoms with Crippen molar-refractivity contribution >= 4 is 28.4 Å². The first-order valence-electron chi connectivity index (χ1n) is 16.5. The Morgan fingerprint density at radius 2 is 1.34 bits per heavy atom. The number of para-hydroxylation sites is 2. The van der Waals surface area contributed by atoms with E-state index >= 15 is 0 Å². The normalized spacial score (nSPS) is 11.0. The standard InChI is InChI=1S/C46H34N4/c1-4-5-17-45-32(3)39-14-9-11-18-46(39)50(45)37-23-20-34(21-24-37)35-22-25-40(36(28-35)30-48)41-15-8-10-16-43(41)49-44-26-19-33(29-47)27-42(44)38-13-7-6-12-31(38)2/h4-28,49H,1H2,2-3H3/b17-5-. The molecule has 0 radical (unpaired) electrons. The Kier molecular flexibility index (Phi) is 8.68. The zero-order chi connectivity index (χ0) is 34.6. The van der Waals surface area contributed by atoms with E-state index in [1.54, 1.807) is 6.08 Å². The van der Waals surface area contributed by atoms with Crippen LogP contribution < -0.4 is 5.32 Å². The summed E-state index contributed by atoms with van der Waals surface area (Å²) in [7, 11) is 0. The van der Waals surface area contributed by atoms with Crippen LogP contribution in [0.3, 0.4) is 0 Å². The molecule has 50 heavy (non-hydrogen) atoms. The van der Waals surface area contributed by atoms with E-state index in [2.05, 4.69) is 115 Å². The first-order valence-corrected chi connectivity index (χ1v) is 16.5. The van der Waals surface area contributed by atoms with Gasteiger partial charge in [0.05, 0.1) is 28.8 Å². The summed E-state index contributed by atoms with van der Waals surface area (Å²) in [6, 6.07) is 49.7. The summed E-state index contributed by atoms with van der Waals surface area (Å²) in [5, 5.41) is 24.9. The minimum absolute atomic E-state index is 0.587. The van der Waals surface area contributed by atoms with Crippen LogP contribution in [0.1, 0.15) is 27.9 Å². The molecule has 1 aromatic heterocycles. The molecule has 0 spiro atoms. The highest BCUT2D eigenvalue weighted by Gasteiger charge is 2.16. The van der Waals surface area contributed by atoms with Gasteiger partial charge in [-0.1, -0.05) is 104 Å². The van der Waals surface area contributed by atoms with Crippen molar-refractivity contribution in [2.75, 3.05) is 5.32 Å². The fourth-order valence-corrected chi connectivity index (χ4v) is 6.71. The van der Waals surface area contributed by atoms with Crippen LogP contribution in [0, 0.1) is 36.5 Å². The molecular formula is C46H34N4. The maximum Gasteiger partial charge on any atom is 0.0998 e. The molecule has 1 heterocycles. The van der Waals surface area contributed by atoms with E-state index in [0.717, 1.165) is 67.2 Å². The van der Waals surface area contributed by atoms with Gasteiger partial charge in [-0.15, -0.1) is 0 Å². The number of hydrogen-bond donors (Lipinski definition) is 1. The van der Waals surface area contributed by atoms with Crippen LogP contribution in [0.25, 0.3) is 56.0 Å². The molecule has 0 saturated heterocycles. The molecule has 4 heteroatoms. The number of hydrogen-bond acceptors (Lipinski definition) is 3. The van der Waals surface area contributed by atoms with Gasteiger partial charge in [0.1, 0.15) is 0 Å². The molecule has 0 aliphatic carbocycles. The maximum atomic E-state index is 10.4. The lowest BCUT2D eigenvalue weighted by Crippen LogP contribution is -1.98. The topological polar surface area (TPSA) is 64.5 Å². The number of fused-ring (bicyclic) bond motifs is 1. The van der Waals surface area contributed by atoms with Crippen LogP contribution in [-0.4, -0.2) is 4.57 Å². The Hall–Kier alpha value is -6.88. The third-order valence-corrected chi connectivity index (χ3v) is 9.23. The monoisotopic (exact) mass is 642 g/mol. The highest BCUT2D eigenvalue weighted by atomic mass is 15.0. The number of nitriles is 2. The summed E-state index contributed by atoms with van der Waals surface area (Å²) in [5.41, 5.74) is 14.4. The highest BCUT2D eigenvalue weighted by molar-refractivity contribution is 5.91. The van der Waals surface area contributed by atoms with Gasteiger partial charge in [0.25, 0.3) is 0 Å². The van der Waals surface area contributed by atoms with E-state index in [9.17, 15) is 10.5 Å². The number of anilines is 2. The van der Waals surface area contributed by atoms with Crippen LogP contribution in [0.15, 0.2) is 152 Å². The molecule has 0 atom stereocenters. The van der Waals surface area contributed by atoms with Gasteiger partial charge in [-0.25, -0.2) is 0 Å². The number of rotatable bonds is 8. The highest BCUT2D eigenvalue weighted by Crippen LogP contribution is 2.39. The smallest absolute Gasteiger partial charge is 0.0998 e. The van der Waals surface area contributed by atoms with Crippen LogP contribution in [0.2, 0.25) is 0 Å². The number of benzene rings is 6. The molecule has 238 valence electrons. The van der Waals surface area contributed by atoms with E-state index in [-0.39, 0.29) is 0 Å². The fourth-order valence-electron chi connectivity index (χ4n) is 6.71. The lowest BCUT2D eigenvalue weighted by Gasteiger charge is -2.18. The molecule has 1 N–H and O–H groups in total. The largest absolute Gasteiger partial charge is 0.355 e. The van der Waals surface area contributed by atoms with Crippen LogP contribution in [-0.2, 0) is 0 Å². The molecule has 7 rings (SSSR count). The van der Waals surface area contributed by atoms with E-state index in [1.807, 2.05) is 72.8 Å². The Labute approximate surface area is 293 Å². The molecule has 6 aromatic carbocycles. The second-order valence-corrected chi connectivity index (χ2v) is 12.2. The second-order valence-electron chi connectivity index (χ2n) is 12.2. The molecule has 0 aliphatic rings. The molecule has 4 nitrogen and oxygen atoms in total. The third kappa shape index (κ3) is 5.88. The summed E-state index contributed by atoms with van der Waals surface area (Å²) in [5.74, 6) is 0. The Bertz CT molecular complexity index is 2520. The van der Waals surface area contributed by atoms with Gasteiger partial charge >= 0.3 is 0 Å². The van der Waals surface area contributed by atoms with Crippen molar-refractivity contribution in [3.63, 3.8) is 0 Å². The summed E-state index contributed by atoms with van der Waals surface area (Å²) >= 11 is 0. The van der Waals surface area contributed by atoms with Crippen molar-refractivity contribution in [2.24, 2.45) is 0 Å². The summed E-state index contributed by atoms with van der Waals surface area (Å²) in [6.45, 7) is 8.09. The molecule has 0 fully saturated rings. The van der Waals surface area contributed by atoms with Crippen molar-refractivity contribution in [1.82, 2.24) is 4.57 Å². The minimum atomic E-state index is 0.587. The van der Waals surface area contributed by atoms with Crippen LogP contribution in [0.5, 0.6) is 0 Å².